The van der Waals surface area contributed by atoms with E-state index in [1.807, 2.05) is 0 Å². The molecule has 1 saturated heterocycles. The SMILES string of the molecule is O=C(C[NH+]1CCCC2CCCCC21)C1CCC(Cl)CC1. The summed E-state index contributed by atoms with van der Waals surface area (Å²) < 4.78 is 0. The van der Waals surface area contributed by atoms with E-state index in [-0.39, 0.29) is 0 Å². The lowest BCUT2D eigenvalue weighted by molar-refractivity contribution is -0.928. The summed E-state index contributed by atoms with van der Waals surface area (Å²) in [6.07, 6.45) is 12.5. The van der Waals surface area contributed by atoms with Crippen molar-refractivity contribution < 1.29 is 9.69 Å². The number of fused-ring (bicyclic) bond motifs is 1. The number of quaternary nitrogens is 1. The summed E-state index contributed by atoms with van der Waals surface area (Å²) in [5.74, 6) is 1.77. The zero-order valence-corrected chi connectivity index (χ0v) is 13.3. The Bertz CT molecular complexity index is 336. The number of ketones is 1. The fourth-order valence-electron chi connectivity index (χ4n) is 4.83. The molecule has 3 atom stereocenters. The van der Waals surface area contributed by atoms with Crippen LogP contribution in [0.3, 0.4) is 0 Å². The van der Waals surface area contributed by atoms with Crippen LogP contribution in [0, 0.1) is 11.8 Å². The monoisotopic (exact) mass is 298 g/mol. The standard InChI is InChI=1S/C17H28ClNO/c18-15-9-7-14(8-10-15)17(20)12-19-11-3-5-13-4-1-2-6-16(13)19/h13-16H,1-12H2/p+1. The van der Waals surface area contributed by atoms with E-state index in [9.17, 15) is 4.79 Å². The van der Waals surface area contributed by atoms with Gasteiger partial charge in [-0.25, -0.2) is 0 Å². The van der Waals surface area contributed by atoms with Gasteiger partial charge >= 0.3 is 0 Å². The molecule has 3 heteroatoms. The number of piperidine rings is 1. The highest BCUT2D eigenvalue weighted by molar-refractivity contribution is 6.20. The van der Waals surface area contributed by atoms with Crippen LogP contribution < -0.4 is 4.90 Å². The fraction of sp³-hybridized carbons (Fsp3) is 0.941. The minimum Gasteiger partial charge on any atom is -0.326 e. The Balaban J connectivity index is 1.54. The van der Waals surface area contributed by atoms with Gasteiger partial charge in [0.1, 0.15) is 6.54 Å². The molecule has 0 bridgehead atoms. The van der Waals surface area contributed by atoms with E-state index in [0.29, 0.717) is 17.1 Å². The van der Waals surface area contributed by atoms with Crippen molar-refractivity contribution in [3.63, 3.8) is 0 Å². The molecular formula is C17H29ClNO+. The molecule has 20 heavy (non-hydrogen) atoms. The first-order chi connectivity index (χ1) is 9.74. The minimum atomic E-state index is 0.321. The van der Waals surface area contributed by atoms with Crippen molar-refractivity contribution in [1.82, 2.24) is 0 Å². The maximum Gasteiger partial charge on any atom is 0.189 e. The molecule has 2 aliphatic carbocycles. The van der Waals surface area contributed by atoms with Crippen molar-refractivity contribution in [3.8, 4) is 0 Å². The second kappa shape index (κ2) is 6.79. The largest absolute Gasteiger partial charge is 0.326 e. The zero-order chi connectivity index (χ0) is 13.9. The van der Waals surface area contributed by atoms with Crippen LogP contribution in [0.15, 0.2) is 0 Å². The lowest BCUT2D eigenvalue weighted by Crippen LogP contribution is -3.18. The highest BCUT2D eigenvalue weighted by Gasteiger charge is 2.38. The van der Waals surface area contributed by atoms with E-state index in [0.717, 1.165) is 44.2 Å². The maximum absolute atomic E-state index is 12.6. The van der Waals surface area contributed by atoms with Crippen molar-refractivity contribution in [2.75, 3.05) is 13.1 Å². The third-order valence-electron chi connectivity index (χ3n) is 6.02. The van der Waals surface area contributed by atoms with Gasteiger partial charge in [-0.3, -0.25) is 4.79 Å². The highest BCUT2D eigenvalue weighted by Crippen LogP contribution is 2.30. The first-order valence-corrected chi connectivity index (χ1v) is 9.19. The van der Waals surface area contributed by atoms with Gasteiger partial charge in [0.2, 0.25) is 0 Å². The van der Waals surface area contributed by atoms with Crippen LogP contribution in [-0.4, -0.2) is 30.3 Å². The van der Waals surface area contributed by atoms with E-state index in [4.69, 9.17) is 11.6 Å². The van der Waals surface area contributed by atoms with E-state index in [1.54, 1.807) is 4.90 Å². The normalized spacial score (nSPS) is 42.0. The van der Waals surface area contributed by atoms with Crippen molar-refractivity contribution in [2.45, 2.75) is 75.6 Å². The van der Waals surface area contributed by atoms with Gasteiger partial charge in [0.15, 0.2) is 5.78 Å². The van der Waals surface area contributed by atoms with Gasteiger partial charge in [0.25, 0.3) is 0 Å². The number of carbonyl (C=O) groups is 1. The van der Waals surface area contributed by atoms with Crippen LogP contribution in [0.25, 0.3) is 0 Å². The summed E-state index contributed by atoms with van der Waals surface area (Å²) in [6, 6.07) is 0.797. The Kier molecular flexibility index (Phi) is 5.04. The summed E-state index contributed by atoms with van der Waals surface area (Å²) in [6.45, 7) is 2.04. The first kappa shape index (κ1) is 14.8. The summed E-state index contributed by atoms with van der Waals surface area (Å²) in [7, 11) is 0. The molecule has 3 unspecified atom stereocenters. The molecule has 1 N–H and O–H groups in total. The number of likely N-dealkylation sites (tertiary alicyclic amines) is 1. The number of hydrogen-bond acceptors (Lipinski definition) is 1. The molecule has 1 aliphatic heterocycles. The van der Waals surface area contributed by atoms with Crippen LogP contribution in [0.2, 0.25) is 0 Å². The average Bonchev–Trinajstić information content (AvgIpc) is 2.48. The average molecular weight is 299 g/mol. The van der Waals surface area contributed by atoms with Gasteiger partial charge < -0.3 is 4.90 Å². The molecule has 0 aromatic heterocycles. The molecule has 114 valence electrons. The van der Waals surface area contributed by atoms with Gasteiger partial charge in [-0.15, -0.1) is 11.6 Å². The molecule has 0 aromatic carbocycles. The van der Waals surface area contributed by atoms with Gasteiger partial charge in [-0.1, -0.05) is 6.42 Å². The lowest BCUT2D eigenvalue weighted by atomic mass is 9.78. The quantitative estimate of drug-likeness (QED) is 0.795. The first-order valence-electron chi connectivity index (χ1n) is 8.75. The molecule has 2 saturated carbocycles. The Labute approximate surface area is 128 Å². The van der Waals surface area contributed by atoms with Crippen LogP contribution in [0.4, 0.5) is 0 Å². The number of rotatable bonds is 3. The second-order valence-corrected chi connectivity index (χ2v) is 7.91. The maximum atomic E-state index is 12.6. The van der Waals surface area contributed by atoms with Crippen molar-refractivity contribution in [1.29, 1.82) is 0 Å². The summed E-state index contributed by atoms with van der Waals surface area (Å²) in [5.41, 5.74) is 0. The molecule has 0 spiro atoms. The Morgan fingerprint density at radius 1 is 0.950 bits per heavy atom. The molecular weight excluding hydrogens is 270 g/mol. The summed E-state index contributed by atoms with van der Waals surface area (Å²) >= 11 is 6.15. The number of hydrogen-bond donors (Lipinski definition) is 1. The Hall–Kier alpha value is -0.0800. The second-order valence-electron chi connectivity index (χ2n) is 7.29. The number of alkyl halides is 1. The van der Waals surface area contributed by atoms with Gasteiger partial charge in [-0.2, -0.15) is 0 Å². The molecule has 3 rings (SSSR count). The molecule has 0 amide bonds. The fourth-order valence-corrected chi connectivity index (χ4v) is 5.08. The number of Topliss-reactive ketones (excluding diaryl/α,β-unsaturated/α-hetero) is 1. The van der Waals surface area contributed by atoms with E-state index in [1.165, 1.54) is 45.1 Å². The van der Waals surface area contributed by atoms with Gasteiger partial charge in [-0.05, 0) is 57.8 Å². The Morgan fingerprint density at radius 3 is 2.45 bits per heavy atom. The predicted octanol–water partition coefficient (Wildman–Crippen LogP) is 2.59. The zero-order valence-electron chi connectivity index (χ0n) is 12.6. The topological polar surface area (TPSA) is 21.5 Å². The highest BCUT2D eigenvalue weighted by atomic mass is 35.5. The summed E-state index contributed by atoms with van der Waals surface area (Å²) in [5, 5.41) is 0.323. The molecule has 0 aromatic rings. The van der Waals surface area contributed by atoms with E-state index < -0.39 is 0 Å². The minimum absolute atomic E-state index is 0.321. The summed E-state index contributed by atoms with van der Waals surface area (Å²) in [4.78, 5) is 14.2. The third kappa shape index (κ3) is 3.39. The van der Waals surface area contributed by atoms with Crippen molar-refractivity contribution >= 4 is 17.4 Å². The Morgan fingerprint density at radius 2 is 1.65 bits per heavy atom. The number of halogens is 1. The van der Waals surface area contributed by atoms with E-state index >= 15 is 0 Å². The van der Waals surface area contributed by atoms with Crippen LogP contribution in [0.5, 0.6) is 0 Å². The molecule has 0 radical (unpaired) electrons. The van der Waals surface area contributed by atoms with Gasteiger partial charge in [0, 0.05) is 17.2 Å². The molecule has 3 aliphatic rings. The third-order valence-corrected chi connectivity index (χ3v) is 6.46. The number of nitrogens with one attached hydrogen (secondary N) is 1. The van der Waals surface area contributed by atoms with Gasteiger partial charge in [0.05, 0.1) is 12.6 Å². The van der Waals surface area contributed by atoms with E-state index in [2.05, 4.69) is 0 Å². The van der Waals surface area contributed by atoms with Crippen LogP contribution >= 0.6 is 11.6 Å². The molecule has 1 heterocycles. The number of carbonyl (C=O) groups excluding carboxylic acids is 1. The molecule has 3 fully saturated rings. The predicted molar refractivity (Wildman–Crippen MR) is 82.3 cm³/mol. The molecule has 2 nitrogen and oxygen atoms in total. The van der Waals surface area contributed by atoms with Crippen LogP contribution in [0.1, 0.15) is 64.2 Å². The van der Waals surface area contributed by atoms with Crippen molar-refractivity contribution in [3.05, 3.63) is 0 Å². The van der Waals surface area contributed by atoms with Crippen LogP contribution in [-0.2, 0) is 4.79 Å². The smallest absolute Gasteiger partial charge is 0.189 e. The van der Waals surface area contributed by atoms with Crippen molar-refractivity contribution in [2.24, 2.45) is 11.8 Å². The lowest BCUT2D eigenvalue weighted by Gasteiger charge is -2.41.